The highest BCUT2D eigenvalue weighted by Gasteiger charge is 2.40. The number of benzene rings is 1. The number of hydrogen-bond acceptors (Lipinski definition) is 4. The van der Waals surface area contributed by atoms with E-state index in [4.69, 9.17) is 9.16 Å². The Morgan fingerprint density at radius 2 is 1.94 bits per heavy atom. The summed E-state index contributed by atoms with van der Waals surface area (Å²) >= 11 is 0. The van der Waals surface area contributed by atoms with Crippen LogP contribution < -0.4 is 4.74 Å². The summed E-state index contributed by atoms with van der Waals surface area (Å²) in [5.41, 5.74) is 4.35. The van der Waals surface area contributed by atoms with Gasteiger partial charge in [0.2, 0.25) is 0 Å². The molecule has 1 aromatic carbocycles. The molecule has 0 heterocycles. The molecule has 0 spiro atoms. The molecule has 1 aromatic rings. The molecule has 1 aliphatic carbocycles. The summed E-state index contributed by atoms with van der Waals surface area (Å²) in [4.78, 5) is 11.7. The summed E-state index contributed by atoms with van der Waals surface area (Å²) in [5, 5.41) is 20.0. The molecule has 0 radical (unpaired) electrons. The van der Waals surface area contributed by atoms with Gasteiger partial charge in [0, 0.05) is 5.92 Å². The number of carboxylic acid groups (broad SMARTS) is 1. The zero-order chi connectivity index (χ0) is 26.1. The van der Waals surface area contributed by atoms with Crippen molar-refractivity contribution in [1.29, 1.82) is 0 Å². The maximum Gasteiger partial charge on any atom is 0.336 e. The van der Waals surface area contributed by atoms with Crippen molar-refractivity contribution >= 4 is 14.3 Å². The summed E-state index contributed by atoms with van der Waals surface area (Å²) in [6, 6.07) is 9.88. The molecule has 0 amide bonds. The SMILES string of the molecule is CC(CCCC1=CC[C@H](O)[C@@H]1CCC=C=CC(O[Si](C)(C)C(C)(C)C)C(=O)O)Oc1ccccc1. The first kappa shape index (κ1) is 29.1. The van der Waals surface area contributed by atoms with Gasteiger partial charge in [0.25, 0.3) is 0 Å². The molecule has 194 valence electrons. The molecule has 2 rings (SSSR count). The molecule has 1 aliphatic rings. The van der Waals surface area contributed by atoms with E-state index < -0.39 is 20.4 Å². The molecule has 0 aliphatic heterocycles. The van der Waals surface area contributed by atoms with Crippen LogP contribution in [0.3, 0.4) is 0 Å². The van der Waals surface area contributed by atoms with Gasteiger partial charge < -0.3 is 19.4 Å². The first-order chi connectivity index (χ1) is 16.4. The zero-order valence-electron chi connectivity index (χ0n) is 22.3. The number of carboxylic acids is 1. The third kappa shape index (κ3) is 9.45. The number of carbonyl (C=O) groups is 1. The van der Waals surface area contributed by atoms with Crippen molar-refractivity contribution in [2.24, 2.45) is 5.92 Å². The number of para-hydroxylation sites is 1. The highest BCUT2D eigenvalue weighted by molar-refractivity contribution is 6.74. The Kier molecular flexibility index (Phi) is 11.0. The minimum Gasteiger partial charge on any atom is -0.491 e. The lowest BCUT2D eigenvalue weighted by molar-refractivity contribution is -0.143. The summed E-state index contributed by atoms with van der Waals surface area (Å²) in [6.07, 6.45) is 9.59. The minimum atomic E-state index is -2.20. The average Bonchev–Trinajstić information content (AvgIpc) is 3.11. The summed E-state index contributed by atoms with van der Waals surface area (Å²) in [5.74, 6) is 0.0582. The van der Waals surface area contributed by atoms with Crippen molar-refractivity contribution in [1.82, 2.24) is 0 Å². The van der Waals surface area contributed by atoms with Gasteiger partial charge in [-0.2, -0.15) is 0 Å². The van der Waals surface area contributed by atoms with Gasteiger partial charge in [0.15, 0.2) is 14.4 Å². The molecule has 0 fully saturated rings. The van der Waals surface area contributed by atoms with Crippen molar-refractivity contribution in [2.75, 3.05) is 0 Å². The maximum atomic E-state index is 11.7. The second-order valence-electron chi connectivity index (χ2n) is 11.1. The fourth-order valence-corrected chi connectivity index (χ4v) is 5.19. The van der Waals surface area contributed by atoms with Crippen LogP contribution in [0.5, 0.6) is 5.75 Å². The van der Waals surface area contributed by atoms with Gasteiger partial charge in [0.1, 0.15) is 5.75 Å². The van der Waals surface area contributed by atoms with Crippen molar-refractivity contribution in [3.63, 3.8) is 0 Å². The van der Waals surface area contributed by atoms with Crippen LogP contribution in [0.25, 0.3) is 0 Å². The molecular formula is C29H44O5Si. The Morgan fingerprint density at radius 1 is 1.26 bits per heavy atom. The number of hydrogen-bond donors (Lipinski definition) is 2. The lowest BCUT2D eigenvalue weighted by atomic mass is 9.90. The fraction of sp³-hybridized carbons (Fsp3) is 0.586. The normalized spacial score (nSPS) is 19.9. The van der Waals surface area contributed by atoms with Crippen molar-refractivity contribution < 1.29 is 24.2 Å². The summed E-state index contributed by atoms with van der Waals surface area (Å²) < 4.78 is 12.0. The van der Waals surface area contributed by atoms with Crippen LogP contribution in [0.1, 0.15) is 66.2 Å². The van der Waals surface area contributed by atoms with Gasteiger partial charge in [-0.1, -0.05) is 50.6 Å². The van der Waals surface area contributed by atoms with Crippen LogP contribution in [0.2, 0.25) is 18.1 Å². The molecule has 2 unspecified atom stereocenters. The fourth-order valence-electron chi connectivity index (χ4n) is 4.04. The number of rotatable bonds is 13. The second kappa shape index (κ2) is 13.3. The van der Waals surface area contributed by atoms with E-state index in [0.717, 1.165) is 37.9 Å². The Labute approximate surface area is 212 Å². The third-order valence-corrected chi connectivity index (χ3v) is 11.6. The van der Waals surface area contributed by atoms with Crippen molar-refractivity contribution in [2.45, 2.75) is 103 Å². The highest BCUT2D eigenvalue weighted by Crippen LogP contribution is 2.37. The van der Waals surface area contributed by atoms with Crippen LogP contribution >= 0.6 is 0 Å². The van der Waals surface area contributed by atoms with Gasteiger partial charge in [-0.25, -0.2) is 4.79 Å². The Balaban J connectivity index is 1.82. The molecule has 35 heavy (non-hydrogen) atoms. The van der Waals surface area contributed by atoms with Crippen molar-refractivity contribution in [3.05, 3.63) is 59.9 Å². The lowest BCUT2D eigenvalue weighted by Crippen LogP contribution is -2.45. The quantitative estimate of drug-likeness (QED) is 0.175. The predicted octanol–water partition coefficient (Wildman–Crippen LogP) is 6.90. The second-order valence-corrected chi connectivity index (χ2v) is 15.8. The Morgan fingerprint density at radius 3 is 2.57 bits per heavy atom. The maximum absolute atomic E-state index is 11.7. The third-order valence-electron chi connectivity index (χ3n) is 7.18. The molecule has 0 saturated heterocycles. The summed E-state index contributed by atoms with van der Waals surface area (Å²) in [6.45, 7) is 12.5. The largest absolute Gasteiger partial charge is 0.491 e. The van der Waals surface area contributed by atoms with E-state index in [2.05, 4.69) is 39.5 Å². The molecule has 0 aromatic heterocycles. The summed E-state index contributed by atoms with van der Waals surface area (Å²) in [7, 11) is -2.20. The van der Waals surface area contributed by atoms with Crippen LogP contribution in [-0.4, -0.2) is 42.8 Å². The highest BCUT2D eigenvalue weighted by atomic mass is 28.4. The number of aliphatic hydroxyl groups excluding tert-OH is 1. The Hall–Kier alpha value is -2.11. The molecule has 4 atom stereocenters. The number of aliphatic hydroxyl groups is 1. The number of aliphatic carboxylic acids is 1. The first-order valence-electron chi connectivity index (χ1n) is 12.8. The van der Waals surface area contributed by atoms with Crippen LogP contribution in [-0.2, 0) is 9.22 Å². The van der Waals surface area contributed by atoms with E-state index in [0.29, 0.717) is 6.42 Å². The van der Waals surface area contributed by atoms with Gasteiger partial charge in [-0.05, 0) is 87.9 Å². The smallest absolute Gasteiger partial charge is 0.336 e. The number of ether oxygens (including phenoxy) is 1. The van der Waals surface area contributed by atoms with Gasteiger partial charge in [-0.15, -0.1) is 5.73 Å². The Bertz CT molecular complexity index is 893. The topological polar surface area (TPSA) is 76.0 Å². The average molecular weight is 501 g/mol. The van der Waals surface area contributed by atoms with Crippen LogP contribution in [0.4, 0.5) is 0 Å². The zero-order valence-corrected chi connectivity index (χ0v) is 23.3. The van der Waals surface area contributed by atoms with Gasteiger partial charge in [-0.3, -0.25) is 0 Å². The van der Waals surface area contributed by atoms with Crippen LogP contribution in [0.15, 0.2) is 59.9 Å². The first-order valence-corrected chi connectivity index (χ1v) is 15.7. The van der Waals surface area contributed by atoms with Crippen LogP contribution in [0, 0.1) is 5.92 Å². The van der Waals surface area contributed by atoms with Gasteiger partial charge >= 0.3 is 5.97 Å². The van der Waals surface area contributed by atoms with E-state index in [1.807, 2.05) is 49.5 Å². The standard InChI is InChI=1S/C29H44O5Si/c1-22(33-24-16-9-7-10-17-24)14-13-15-23-20-21-26(30)25(23)18-11-8-12-19-27(28(31)32)34-35(5,6)29(2,3)4/h7-10,16-17,19-20,22,25-27,30H,11,13-15,18,21H2,1-6H3,(H,31,32)/t12?,22?,25-,26+,27?/m1/s1. The molecular weight excluding hydrogens is 456 g/mol. The minimum absolute atomic E-state index is 0.0644. The molecule has 6 heteroatoms. The van der Waals surface area contributed by atoms with E-state index in [1.165, 1.54) is 11.6 Å². The van der Waals surface area contributed by atoms with E-state index in [9.17, 15) is 15.0 Å². The van der Waals surface area contributed by atoms with E-state index in [1.54, 1.807) is 0 Å². The molecule has 5 nitrogen and oxygen atoms in total. The molecule has 0 saturated carbocycles. The molecule has 2 N–H and O–H groups in total. The monoisotopic (exact) mass is 500 g/mol. The van der Waals surface area contributed by atoms with E-state index >= 15 is 0 Å². The van der Waals surface area contributed by atoms with Crippen molar-refractivity contribution in [3.8, 4) is 5.75 Å². The van der Waals surface area contributed by atoms with Gasteiger partial charge in [0.05, 0.1) is 12.2 Å². The predicted molar refractivity (Wildman–Crippen MR) is 144 cm³/mol. The van der Waals surface area contributed by atoms with E-state index in [-0.39, 0.29) is 23.2 Å². The lowest BCUT2D eigenvalue weighted by Gasteiger charge is -2.37. The molecule has 0 bridgehead atoms.